The molecule has 1 rings (SSSR count). The zero-order valence-electron chi connectivity index (χ0n) is 10.7. The Labute approximate surface area is 103 Å². The van der Waals surface area contributed by atoms with Gasteiger partial charge >= 0.3 is 5.97 Å². The summed E-state index contributed by atoms with van der Waals surface area (Å²) in [6.45, 7) is 5.35. The van der Waals surface area contributed by atoms with E-state index in [1.165, 1.54) is 12.7 Å². The zero-order valence-corrected chi connectivity index (χ0v) is 10.7. The molecule has 0 saturated heterocycles. The first-order chi connectivity index (χ1) is 8.13. The smallest absolute Gasteiger partial charge is 0.319 e. The standard InChI is InChI=1S/C13H20N2O2/c1-11(2)15(10-13(16)17-3)9-6-12-4-7-14-8-5-12/h4-5,7-8,11H,6,9-10H2,1-3H3. The van der Waals surface area contributed by atoms with Gasteiger partial charge in [0.25, 0.3) is 0 Å². The maximum absolute atomic E-state index is 11.3. The Bertz CT molecular complexity index is 339. The number of hydrogen-bond acceptors (Lipinski definition) is 4. The highest BCUT2D eigenvalue weighted by molar-refractivity contribution is 5.71. The predicted octanol–water partition coefficient (Wildman–Crippen LogP) is 1.51. The SMILES string of the molecule is COC(=O)CN(CCc1ccncc1)C(C)C. The van der Waals surface area contributed by atoms with E-state index in [9.17, 15) is 4.79 Å². The fraction of sp³-hybridized carbons (Fsp3) is 0.538. The van der Waals surface area contributed by atoms with Crippen LogP contribution in [-0.4, -0.2) is 42.1 Å². The summed E-state index contributed by atoms with van der Waals surface area (Å²) in [4.78, 5) is 17.3. The van der Waals surface area contributed by atoms with Crippen molar-refractivity contribution in [3.8, 4) is 0 Å². The Kier molecular flexibility index (Phi) is 5.63. The van der Waals surface area contributed by atoms with Crippen molar-refractivity contribution in [2.24, 2.45) is 0 Å². The molecule has 0 amide bonds. The van der Waals surface area contributed by atoms with Crippen LogP contribution in [0.3, 0.4) is 0 Å². The maximum atomic E-state index is 11.3. The Morgan fingerprint density at radius 3 is 2.59 bits per heavy atom. The number of methoxy groups -OCH3 is 1. The Morgan fingerprint density at radius 2 is 2.06 bits per heavy atom. The first-order valence-electron chi connectivity index (χ1n) is 5.83. The summed E-state index contributed by atoms with van der Waals surface area (Å²) in [5, 5.41) is 0. The minimum Gasteiger partial charge on any atom is -0.468 e. The van der Waals surface area contributed by atoms with Gasteiger partial charge in [-0.15, -0.1) is 0 Å². The van der Waals surface area contributed by atoms with Crippen molar-refractivity contribution in [1.29, 1.82) is 0 Å². The molecule has 94 valence electrons. The third-order valence-electron chi connectivity index (χ3n) is 2.73. The number of rotatable bonds is 6. The van der Waals surface area contributed by atoms with E-state index in [0.717, 1.165) is 13.0 Å². The largest absolute Gasteiger partial charge is 0.468 e. The fourth-order valence-electron chi connectivity index (χ4n) is 1.57. The second-order valence-electron chi connectivity index (χ2n) is 4.25. The number of pyridine rings is 1. The van der Waals surface area contributed by atoms with Gasteiger partial charge in [0.05, 0.1) is 13.7 Å². The minimum atomic E-state index is -0.187. The van der Waals surface area contributed by atoms with Crippen LogP contribution in [0.4, 0.5) is 0 Å². The summed E-state index contributed by atoms with van der Waals surface area (Å²) in [5.74, 6) is -0.187. The van der Waals surface area contributed by atoms with Crippen molar-refractivity contribution >= 4 is 5.97 Å². The molecule has 0 aliphatic rings. The zero-order chi connectivity index (χ0) is 12.7. The Morgan fingerprint density at radius 1 is 1.41 bits per heavy atom. The predicted molar refractivity (Wildman–Crippen MR) is 66.7 cm³/mol. The highest BCUT2D eigenvalue weighted by Crippen LogP contribution is 2.03. The molecule has 17 heavy (non-hydrogen) atoms. The van der Waals surface area contributed by atoms with Crippen molar-refractivity contribution in [2.45, 2.75) is 26.3 Å². The Balaban J connectivity index is 2.47. The molecule has 0 unspecified atom stereocenters. The summed E-state index contributed by atoms with van der Waals surface area (Å²) in [5.41, 5.74) is 1.23. The quantitative estimate of drug-likeness (QED) is 0.702. The highest BCUT2D eigenvalue weighted by atomic mass is 16.5. The highest BCUT2D eigenvalue weighted by Gasteiger charge is 2.13. The lowest BCUT2D eigenvalue weighted by molar-refractivity contribution is -0.142. The van der Waals surface area contributed by atoms with Gasteiger partial charge in [-0.1, -0.05) is 0 Å². The average molecular weight is 236 g/mol. The topological polar surface area (TPSA) is 42.4 Å². The van der Waals surface area contributed by atoms with Gasteiger partial charge in [-0.3, -0.25) is 14.7 Å². The van der Waals surface area contributed by atoms with Crippen molar-refractivity contribution in [3.63, 3.8) is 0 Å². The van der Waals surface area contributed by atoms with Crippen LogP contribution < -0.4 is 0 Å². The molecule has 0 N–H and O–H groups in total. The molecule has 0 aliphatic carbocycles. The number of hydrogen-bond donors (Lipinski definition) is 0. The molecule has 0 spiro atoms. The van der Waals surface area contributed by atoms with Crippen LogP contribution in [0.5, 0.6) is 0 Å². The number of ether oxygens (including phenoxy) is 1. The van der Waals surface area contributed by atoms with Crippen LogP contribution in [0.15, 0.2) is 24.5 Å². The van der Waals surface area contributed by atoms with E-state index in [0.29, 0.717) is 12.6 Å². The first kappa shape index (κ1) is 13.6. The second kappa shape index (κ2) is 7.01. The van der Waals surface area contributed by atoms with Crippen LogP contribution in [0.25, 0.3) is 0 Å². The van der Waals surface area contributed by atoms with E-state index < -0.39 is 0 Å². The molecule has 1 heterocycles. The Hall–Kier alpha value is -1.42. The van der Waals surface area contributed by atoms with Crippen LogP contribution in [-0.2, 0) is 16.0 Å². The summed E-state index contributed by atoms with van der Waals surface area (Å²) in [6.07, 6.45) is 4.49. The van der Waals surface area contributed by atoms with Gasteiger partial charge in [-0.05, 0) is 38.0 Å². The molecule has 1 aromatic heterocycles. The number of nitrogens with zero attached hydrogens (tertiary/aromatic N) is 2. The number of aromatic nitrogens is 1. The monoisotopic (exact) mass is 236 g/mol. The molecule has 4 nitrogen and oxygen atoms in total. The molecular formula is C13H20N2O2. The van der Waals surface area contributed by atoms with Gasteiger partial charge in [-0.25, -0.2) is 0 Å². The molecule has 4 heteroatoms. The molecule has 0 fully saturated rings. The third kappa shape index (κ3) is 4.95. The molecular weight excluding hydrogens is 216 g/mol. The van der Waals surface area contributed by atoms with Gasteiger partial charge in [0.1, 0.15) is 0 Å². The van der Waals surface area contributed by atoms with Crippen LogP contribution in [0.1, 0.15) is 19.4 Å². The van der Waals surface area contributed by atoms with Crippen molar-refractivity contribution in [1.82, 2.24) is 9.88 Å². The lowest BCUT2D eigenvalue weighted by Gasteiger charge is -2.25. The summed E-state index contributed by atoms with van der Waals surface area (Å²) in [6, 6.07) is 4.32. The minimum absolute atomic E-state index is 0.187. The molecule has 0 bridgehead atoms. The van der Waals surface area contributed by atoms with Gasteiger partial charge in [0, 0.05) is 25.0 Å². The molecule has 0 aliphatic heterocycles. The fourth-order valence-corrected chi connectivity index (χ4v) is 1.57. The van der Waals surface area contributed by atoms with Gasteiger partial charge in [0.2, 0.25) is 0 Å². The van der Waals surface area contributed by atoms with Gasteiger partial charge in [-0.2, -0.15) is 0 Å². The maximum Gasteiger partial charge on any atom is 0.319 e. The van der Waals surface area contributed by atoms with E-state index in [2.05, 4.69) is 23.7 Å². The van der Waals surface area contributed by atoms with Crippen molar-refractivity contribution < 1.29 is 9.53 Å². The first-order valence-corrected chi connectivity index (χ1v) is 5.83. The van der Waals surface area contributed by atoms with E-state index in [4.69, 9.17) is 4.74 Å². The van der Waals surface area contributed by atoms with Crippen LogP contribution >= 0.6 is 0 Å². The van der Waals surface area contributed by atoms with E-state index in [-0.39, 0.29) is 5.97 Å². The van der Waals surface area contributed by atoms with Crippen LogP contribution in [0.2, 0.25) is 0 Å². The van der Waals surface area contributed by atoms with E-state index in [1.54, 1.807) is 12.4 Å². The lowest BCUT2D eigenvalue weighted by Crippen LogP contribution is -2.37. The number of carbonyl (C=O) groups is 1. The third-order valence-corrected chi connectivity index (χ3v) is 2.73. The molecule has 0 radical (unpaired) electrons. The normalized spacial score (nSPS) is 10.9. The molecule has 0 aromatic carbocycles. The summed E-state index contributed by atoms with van der Waals surface area (Å²) in [7, 11) is 1.42. The molecule has 0 atom stereocenters. The second-order valence-corrected chi connectivity index (χ2v) is 4.25. The van der Waals surface area contributed by atoms with Crippen molar-refractivity contribution in [3.05, 3.63) is 30.1 Å². The average Bonchev–Trinajstić information content (AvgIpc) is 2.35. The number of esters is 1. The number of carbonyl (C=O) groups excluding carboxylic acids is 1. The van der Waals surface area contributed by atoms with E-state index >= 15 is 0 Å². The lowest BCUT2D eigenvalue weighted by atomic mass is 10.2. The van der Waals surface area contributed by atoms with Crippen molar-refractivity contribution in [2.75, 3.05) is 20.2 Å². The molecule has 0 saturated carbocycles. The summed E-state index contributed by atoms with van der Waals surface area (Å²) < 4.78 is 4.69. The van der Waals surface area contributed by atoms with Gasteiger partial charge < -0.3 is 4.74 Å². The van der Waals surface area contributed by atoms with Gasteiger partial charge in [0.15, 0.2) is 0 Å². The molecule has 1 aromatic rings. The van der Waals surface area contributed by atoms with Crippen LogP contribution in [0, 0.1) is 0 Å². The van der Waals surface area contributed by atoms with E-state index in [1.807, 2.05) is 12.1 Å². The summed E-state index contributed by atoms with van der Waals surface area (Å²) >= 11 is 0.